The van der Waals surface area contributed by atoms with Gasteiger partial charge in [0.25, 0.3) is 0 Å². The lowest BCUT2D eigenvalue weighted by Gasteiger charge is -2.49. The molecule has 6 rings (SSSR count). The highest BCUT2D eigenvalue weighted by atomic mass is 32.2. The number of rotatable bonds is 5. The summed E-state index contributed by atoms with van der Waals surface area (Å²) in [6, 6.07) is 21.9. The molecule has 198 valence electrons. The summed E-state index contributed by atoms with van der Waals surface area (Å²) in [6.45, 7) is 5.33. The Balaban J connectivity index is 1.51. The van der Waals surface area contributed by atoms with Crippen LogP contribution in [0.5, 0.6) is 0 Å². The lowest BCUT2D eigenvalue weighted by molar-refractivity contribution is 0.0374. The zero-order chi connectivity index (χ0) is 26.4. The van der Waals surface area contributed by atoms with Crippen LogP contribution in [0.15, 0.2) is 83.9 Å². The van der Waals surface area contributed by atoms with Crippen molar-refractivity contribution in [2.75, 3.05) is 6.54 Å². The molecule has 1 aliphatic carbocycles. The Bertz CT molecular complexity index is 1550. The number of hydrogen-bond acceptors (Lipinski definition) is 2. The van der Waals surface area contributed by atoms with Gasteiger partial charge < -0.3 is 4.57 Å². The van der Waals surface area contributed by atoms with Crippen molar-refractivity contribution in [3.63, 3.8) is 0 Å². The second-order valence-electron chi connectivity index (χ2n) is 11.3. The van der Waals surface area contributed by atoms with E-state index in [1.807, 2.05) is 43.3 Å². The molecular formula is C32H35FN2O2S. The van der Waals surface area contributed by atoms with Crippen molar-refractivity contribution in [2.24, 2.45) is 17.8 Å². The van der Waals surface area contributed by atoms with Crippen LogP contribution in [0.1, 0.15) is 55.3 Å². The Labute approximate surface area is 225 Å². The van der Waals surface area contributed by atoms with Crippen LogP contribution in [0.25, 0.3) is 10.9 Å². The van der Waals surface area contributed by atoms with Crippen LogP contribution in [0.4, 0.5) is 4.39 Å². The standard InChI is InChI=1S/C32H35FN2O2S/c1-22-12-15-27(16-13-22)38(36,37)35-20-25-10-6-7-11-28(25)23(2)32(35)30-21-34(19-24-8-4-3-5-9-24)31-17-14-26(33)18-29(30)31/h3-5,8-9,12-18,21,23,25,28,32H,6-7,10-11,19-20H2,1-2H3/t23-,25+,28-,32+/m1/s1. The van der Waals surface area contributed by atoms with Crippen LogP contribution in [0.3, 0.4) is 0 Å². The van der Waals surface area contributed by atoms with Crippen LogP contribution >= 0.6 is 0 Å². The highest BCUT2D eigenvalue weighted by Gasteiger charge is 2.48. The summed E-state index contributed by atoms with van der Waals surface area (Å²) in [4.78, 5) is 0.328. The number of aryl methyl sites for hydroxylation is 1. The van der Waals surface area contributed by atoms with E-state index >= 15 is 0 Å². The molecule has 2 fully saturated rings. The molecule has 3 aromatic carbocycles. The summed E-state index contributed by atoms with van der Waals surface area (Å²) in [7, 11) is -3.76. The summed E-state index contributed by atoms with van der Waals surface area (Å²) in [5.74, 6) is 0.625. The molecule has 0 unspecified atom stereocenters. The van der Waals surface area contributed by atoms with Gasteiger partial charge in [-0.1, -0.05) is 67.8 Å². The number of nitrogens with zero attached hydrogens (tertiary/aromatic N) is 2. The van der Waals surface area contributed by atoms with E-state index in [1.165, 1.54) is 12.5 Å². The molecule has 0 radical (unpaired) electrons. The van der Waals surface area contributed by atoms with E-state index in [1.54, 1.807) is 22.5 Å². The molecule has 0 spiro atoms. The first-order chi connectivity index (χ1) is 18.3. The first-order valence-corrected chi connectivity index (χ1v) is 15.2. The van der Waals surface area contributed by atoms with Gasteiger partial charge in [-0.2, -0.15) is 4.31 Å². The van der Waals surface area contributed by atoms with Gasteiger partial charge in [-0.3, -0.25) is 0 Å². The molecule has 0 N–H and O–H groups in total. The number of benzene rings is 3. The Kier molecular flexibility index (Phi) is 6.65. The van der Waals surface area contributed by atoms with E-state index in [0.29, 0.717) is 29.8 Å². The Hall–Kier alpha value is -2.96. The monoisotopic (exact) mass is 530 g/mol. The predicted octanol–water partition coefficient (Wildman–Crippen LogP) is 7.33. The molecule has 4 atom stereocenters. The summed E-state index contributed by atoms with van der Waals surface area (Å²) < 4.78 is 47.1. The Morgan fingerprint density at radius 2 is 1.68 bits per heavy atom. The maximum Gasteiger partial charge on any atom is 0.243 e. The van der Waals surface area contributed by atoms with Crippen LogP contribution in [0, 0.1) is 30.5 Å². The number of fused-ring (bicyclic) bond motifs is 2. The first-order valence-electron chi connectivity index (χ1n) is 13.7. The quantitative estimate of drug-likeness (QED) is 0.271. The maximum atomic E-state index is 14.7. The summed E-state index contributed by atoms with van der Waals surface area (Å²) >= 11 is 0. The normalized spacial score (nSPS) is 24.4. The zero-order valence-corrected chi connectivity index (χ0v) is 22.9. The molecule has 1 aromatic heterocycles. The molecular weight excluding hydrogens is 495 g/mol. The minimum Gasteiger partial charge on any atom is -0.343 e. The van der Waals surface area contributed by atoms with E-state index in [2.05, 4.69) is 29.8 Å². The van der Waals surface area contributed by atoms with Gasteiger partial charge in [0, 0.05) is 30.2 Å². The largest absolute Gasteiger partial charge is 0.343 e. The molecule has 4 aromatic rings. The van der Waals surface area contributed by atoms with Crippen molar-refractivity contribution in [3.8, 4) is 0 Å². The van der Waals surface area contributed by atoms with Crippen molar-refractivity contribution >= 4 is 20.9 Å². The third-order valence-electron chi connectivity index (χ3n) is 8.88. The van der Waals surface area contributed by atoms with Gasteiger partial charge in [-0.25, -0.2) is 12.8 Å². The number of sulfonamides is 1. The predicted molar refractivity (Wildman–Crippen MR) is 150 cm³/mol. The topological polar surface area (TPSA) is 42.3 Å². The van der Waals surface area contributed by atoms with Crippen molar-refractivity contribution in [3.05, 3.63) is 102 Å². The van der Waals surface area contributed by atoms with E-state index < -0.39 is 10.0 Å². The van der Waals surface area contributed by atoms with Gasteiger partial charge in [0.1, 0.15) is 5.82 Å². The third kappa shape index (κ3) is 4.48. The fourth-order valence-corrected chi connectivity index (χ4v) is 8.71. The van der Waals surface area contributed by atoms with Crippen LogP contribution < -0.4 is 0 Å². The van der Waals surface area contributed by atoms with Gasteiger partial charge in [0.15, 0.2) is 0 Å². The van der Waals surface area contributed by atoms with Gasteiger partial charge in [-0.15, -0.1) is 0 Å². The number of hydrogen-bond donors (Lipinski definition) is 0. The smallest absolute Gasteiger partial charge is 0.243 e. The molecule has 0 amide bonds. The van der Waals surface area contributed by atoms with Crippen LogP contribution in [-0.2, 0) is 16.6 Å². The van der Waals surface area contributed by atoms with Crippen molar-refractivity contribution in [1.82, 2.24) is 8.87 Å². The second-order valence-corrected chi connectivity index (χ2v) is 13.2. The fraction of sp³-hybridized carbons (Fsp3) is 0.375. The molecule has 1 aliphatic heterocycles. The molecule has 2 aliphatic rings. The molecule has 38 heavy (non-hydrogen) atoms. The zero-order valence-electron chi connectivity index (χ0n) is 22.1. The molecule has 1 saturated carbocycles. The summed E-state index contributed by atoms with van der Waals surface area (Å²) in [6.07, 6.45) is 6.61. The molecule has 4 nitrogen and oxygen atoms in total. The van der Waals surface area contributed by atoms with Gasteiger partial charge >= 0.3 is 0 Å². The van der Waals surface area contributed by atoms with Gasteiger partial charge in [0.2, 0.25) is 10.0 Å². The number of halogens is 1. The molecule has 2 heterocycles. The van der Waals surface area contributed by atoms with Gasteiger partial charge in [-0.05, 0) is 79.0 Å². The second kappa shape index (κ2) is 9.97. The highest BCUT2D eigenvalue weighted by molar-refractivity contribution is 7.89. The maximum absolute atomic E-state index is 14.7. The lowest BCUT2D eigenvalue weighted by atomic mass is 9.67. The molecule has 6 heteroatoms. The van der Waals surface area contributed by atoms with E-state index in [9.17, 15) is 12.8 Å². The number of aromatic nitrogens is 1. The minimum absolute atomic E-state index is 0.119. The van der Waals surface area contributed by atoms with Crippen LogP contribution in [-0.4, -0.2) is 23.8 Å². The minimum atomic E-state index is -3.76. The van der Waals surface area contributed by atoms with Crippen molar-refractivity contribution in [2.45, 2.75) is 57.0 Å². The SMILES string of the molecule is Cc1ccc(S(=O)(=O)N2C[C@@H]3CCCC[C@@H]3[C@@H](C)[C@H]2c2cn(Cc3ccccc3)c3ccc(F)cc23)cc1. The summed E-state index contributed by atoms with van der Waals surface area (Å²) in [5.41, 5.74) is 4.01. The Morgan fingerprint density at radius 3 is 2.45 bits per heavy atom. The molecule has 0 bridgehead atoms. The summed E-state index contributed by atoms with van der Waals surface area (Å²) in [5, 5.41) is 0.802. The highest BCUT2D eigenvalue weighted by Crippen LogP contribution is 2.50. The lowest BCUT2D eigenvalue weighted by Crippen LogP contribution is -2.50. The van der Waals surface area contributed by atoms with E-state index in [-0.39, 0.29) is 17.8 Å². The van der Waals surface area contributed by atoms with Crippen molar-refractivity contribution < 1.29 is 12.8 Å². The van der Waals surface area contributed by atoms with Crippen LogP contribution in [0.2, 0.25) is 0 Å². The van der Waals surface area contributed by atoms with E-state index in [4.69, 9.17) is 0 Å². The Morgan fingerprint density at radius 1 is 0.947 bits per heavy atom. The van der Waals surface area contributed by atoms with Crippen molar-refractivity contribution in [1.29, 1.82) is 0 Å². The average Bonchev–Trinajstić information content (AvgIpc) is 3.26. The number of piperidine rings is 1. The van der Waals surface area contributed by atoms with Gasteiger partial charge in [0.05, 0.1) is 10.9 Å². The molecule has 1 saturated heterocycles. The first kappa shape index (κ1) is 25.3. The third-order valence-corrected chi connectivity index (χ3v) is 10.7. The average molecular weight is 531 g/mol. The fourth-order valence-electron chi connectivity index (χ4n) is 6.97. The van der Waals surface area contributed by atoms with E-state index in [0.717, 1.165) is 46.9 Å².